The zero-order valence-electron chi connectivity index (χ0n) is 16.2. The summed E-state index contributed by atoms with van der Waals surface area (Å²) in [4.78, 5) is 36.6. The van der Waals surface area contributed by atoms with Crippen molar-refractivity contribution in [3.05, 3.63) is 54.4 Å². The highest BCUT2D eigenvalue weighted by Gasteiger charge is 2.45. The monoisotopic (exact) mass is 393 g/mol. The molecule has 1 unspecified atom stereocenters. The number of amides is 3. The highest BCUT2D eigenvalue weighted by Crippen LogP contribution is 2.34. The van der Waals surface area contributed by atoms with Crippen molar-refractivity contribution in [3.8, 4) is 0 Å². The standard InChI is InChI=1S/C21H23N5O3/c1-15-5-7-16(8-6-15)24-20(28)26-11-3-9-21(14-26)12-18(25-29-21)19(27)23-17-4-2-10-22-13-17/h2,4-8,10,13H,3,9,11-12,14H2,1H3,(H,23,27)(H,24,28). The number of aromatic nitrogens is 1. The second kappa shape index (κ2) is 7.90. The lowest BCUT2D eigenvalue weighted by molar-refractivity contribution is -0.110. The molecule has 0 bridgehead atoms. The average Bonchev–Trinajstić information content (AvgIpc) is 3.14. The third kappa shape index (κ3) is 4.37. The number of nitrogens with one attached hydrogen (secondary N) is 2. The smallest absolute Gasteiger partial charge is 0.321 e. The summed E-state index contributed by atoms with van der Waals surface area (Å²) in [6.45, 7) is 3.03. The van der Waals surface area contributed by atoms with Crippen LogP contribution in [-0.4, -0.2) is 46.2 Å². The second-order valence-electron chi connectivity index (χ2n) is 7.51. The number of pyridine rings is 1. The van der Waals surface area contributed by atoms with Crippen LogP contribution < -0.4 is 10.6 Å². The number of aryl methyl sites for hydroxylation is 1. The molecule has 0 saturated carbocycles. The average molecular weight is 393 g/mol. The van der Waals surface area contributed by atoms with Crippen molar-refractivity contribution < 1.29 is 14.4 Å². The van der Waals surface area contributed by atoms with Crippen molar-refractivity contribution in [3.63, 3.8) is 0 Å². The first-order valence-electron chi connectivity index (χ1n) is 9.62. The quantitative estimate of drug-likeness (QED) is 0.837. The lowest BCUT2D eigenvalue weighted by Crippen LogP contribution is -2.52. The third-order valence-electron chi connectivity index (χ3n) is 5.15. The van der Waals surface area contributed by atoms with Crippen LogP contribution in [0, 0.1) is 6.92 Å². The summed E-state index contributed by atoms with van der Waals surface area (Å²) >= 11 is 0. The van der Waals surface area contributed by atoms with Gasteiger partial charge in [0.1, 0.15) is 5.71 Å². The van der Waals surface area contributed by atoms with Crippen LogP contribution >= 0.6 is 0 Å². The van der Waals surface area contributed by atoms with Gasteiger partial charge < -0.3 is 20.4 Å². The summed E-state index contributed by atoms with van der Waals surface area (Å²) < 4.78 is 0. The lowest BCUT2D eigenvalue weighted by atomic mass is 9.88. The number of urea groups is 1. The van der Waals surface area contributed by atoms with Gasteiger partial charge in [-0.25, -0.2) is 4.79 Å². The van der Waals surface area contributed by atoms with Crippen LogP contribution in [0.4, 0.5) is 16.2 Å². The zero-order chi connectivity index (χ0) is 20.3. The van der Waals surface area contributed by atoms with Gasteiger partial charge in [-0.05, 0) is 44.0 Å². The van der Waals surface area contributed by atoms with E-state index in [4.69, 9.17) is 4.84 Å². The van der Waals surface area contributed by atoms with Gasteiger partial charge in [-0.1, -0.05) is 22.9 Å². The minimum Gasteiger partial charge on any atom is -0.386 e. The fourth-order valence-electron chi connectivity index (χ4n) is 3.61. The molecule has 1 aromatic heterocycles. The van der Waals surface area contributed by atoms with Gasteiger partial charge in [-0.3, -0.25) is 9.78 Å². The normalized spacial score (nSPS) is 20.7. The van der Waals surface area contributed by atoms with Crippen LogP contribution in [0.2, 0.25) is 0 Å². The second-order valence-corrected chi connectivity index (χ2v) is 7.51. The highest BCUT2D eigenvalue weighted by molar-refractivity contribution is 6.43. The first kappa shape index (κ1) is 18.9. The van der Waals surface area contributed by atoms with Gasteiger partial charge in [-0.2, -0.15) is 0 Å². The number of anilines is 2. The Hall–Kier alpha value is -3.42. The van der Waals surface area contributed by atoms with Crippen LogP contribution in [0.1, 0.15) is 24.8 Å². The summed E-state index contributed by atoms with van der Waals surface area (Å²) in [6, 6.07) is 11.0. The SMILES string of the molecule is Cc1ccc(NC(=O)N2CCCC3(CC(C(=O)Nc4cccnc4)=NO3)C2)cc1. The summed E-state index contributed by atoms with van der Waals surface area (Å²) in [6.07, 6.45) is 5.11. The maximum atomic E-state index is 12.7. The van der Waals surface area contributed by atoms with E-state index in [9.17, 15) is 9.59 Å². The summed E-state index contributed by atoms with van der Waals surface area (Å²) in [5.41, 5.74) is 2.16. The van der Waals surface area contributed by atoms with Crippen LogP contribution in [0.25, 0.3) is 0 Å². The van der Waals surface area contributed by atoms with Crippen molar-refractivity contribution in [1.29, 1.82) is 0 Å². The topological polar surface area (TPSA) is 95.9 Å². The molecular formula is C21H23N5O3. The Balaban J connectivity index is 1.36. The van der Waals surface area contributed by atoms with E-state index in [1.807, 2.05) is 31.2 Å². The van der Waals surface area contributed by atoms with E-state index in [2.05, 4.69) is 20.8 Å². The predicted octanol–water partition coefficient (Wildman–Crippen LogP) is 3.17. The number of nitrogens with zero attached hydrogens (tertiary/aromatic N) is 3. The van der Waals surface area contributed by atoms with Crippen LogP contribution in [0.15, 0.2) is 53.9 Å². The van der Waals surface area contributed by atoms with Gasteiger partial charge in [0.2, 0.25) is 0 Å². The first-order chi connectivity index (χ1) is 14.0. The Labute approximate surface area is 168 Å². The fourth-order valence-corrected chi connectivity index (χ4v) is 3.61. The minimum atomic E-state index is -0.648. The molecule has 2 aromatic rings. The van der Waals surface area contributed by atoms with Crippen LogP contribution in [0.5, 0.6) is 0 Å². The molecule has 2 aliphatic rings. The van der Waals surface area contributed by atoms with Gasteiger partial charge in [0.15, 0.2) is 5.60 Å². The number of oxime groups is 1. The largest absolute Gasteiger partial charge is 0.386 e. The molecule has 0 aliphatic carbocycles. The summed E-state index contributed by atoms with van der Waals surface area (Å²) in [5, 5.41) is 9.71. The molecule has 1 fully saturated rings. The van der Waals surface area contributed by atoms with Crippen molar-refractivity contribution in [1.82, 2.24) is 9.88 Å². The molecule has 0 radical (unpaired) electrons. The Morgan fingerprint density at radius 3 is 2.72 bits per heavy atom. The number of likely N-dealkylation sites (tertiary alicyclic amines) is 1. The summed E-state index contributed by atoms with van der Waals surface area (Å²) in [5.74, 6) is -0.309. The number of carbonyl (C=O) groups excluding carboxylic acids is 2. The van der Waals surface area contributed by atoms with E-state index in [1.54, 1.807) is 29.4 Å². The van der Waals surface area contributed by atoms with Crippen molar-refractivity contribution in [2.24, 2.45) is 5.16 Å². The van der Waals surface area contributed by atoms with E-state index in [0.717, 1.165) is 24.1 Å². The molecule has 4 rings (SSSR count). The Bertz CT molecular complexity index is 929. The van der Waals surface area contributed by atoms with E-state index < -0.39 is 5.60 Å². The van der Waals surface area contributed by atoms with E-state index in [-0.39, 0.29) is 11.9 Å². The Kier molecular flexibility index (Phi) is 5.16. The first-order valence-corrected chi connectivity index (χ1v) is 9.62. The maximum Gasteiger partial charge on any atom is 0.321 e. The van der Waals surface area contributed by atoms with Crippen molar-refractivity contribution in [2.75, 3.05) is 23.7 Å². The molecule has 1 spiro atoms. The molecule has 1 atom stereocenters. The Morgan fingerprint density at radius 2 is 1.97 bits per heavy atom. The lowest BCUT2D eigenvalue weighted by Gasteiger charge is -2.38. The molecule has 8 nitrogen and oxygen atoms in total. The molecule has 29 heavy (non-hydrogen) atoms. The van der Waals surface area contributed by atoms with E-state index >= 15 is 0 Å². The molecule has 2 aliphatic heterocycles. The number of hydrogen-bond donors (Lipinski definition) is 2. The van der Waals surface area contributed by atoms with Crippen molar-refractivity contribution >= 4 is 29.0 Å². The van der Waals surface area contributed by atoms with Gasteiger partial charge in [-0.15, -0.1) is 0 Å². The predicted molar refractivity (Wildman–Crippen MR) is 110 cm³/mol. The fraction of sp³-hybridized carbons (Fsp3) is 0.333. The third-order valence-corrected chi connectivity index (χ3v) is 5.15. The van der Waals surface area contributed by atoms with Crippen LogP contribution in [0.3, 0.4) is 0 Å². The van der Waals surface area contributed by atoms with E-state index in [0.29, 0.717) is 30.9 Å². The molecule has 3 heterocycles. The Morgan fingerprint density at radius 1 is 1.14 bits per heavy atom. The molecule has 8 heteroatoms. The maximum absolute atomic E-state index is 12.7. The van der Waals surface area contributed by atoms with E-state index in [1.165, 1.54) is 0 Å². The number of piperidine rings is 1. The van der Waals surface area contributed by atoms with Gasteiger partial charge in [0.25, 0.3) is 5.91 Å². The zero-order valence-corrected chi connectivity index (χ0v) is 16.2. The summed E-state index contributed by atoms with van der Waals surface area (Å²) in [7, 11) is 0. The minimum absolute atomic E-state index is 0.176. The molecular weight excluding hydrogens is 370 g/mol. The molecule has 2 N–H and O–H groups in total. The van der Waals surface area contributed by atoms with Crippen molar-refractivity contribution in [2.45, 2.75) is 31.8 Å². The number of benzene rings is 1. The molecule has 1 aromatic carbocycles. The van der Waals surface area contributed by atoms with Gasteiger partial charge >= 0.3 is 6.03 Å². The number of carbonyl (C=O) groups is 2. The molecule has 150 valence electrons. The number of hydrogen-bond acceptors (Lipinski definition) is 5. The number of rotatable bonds is 3. The molecule has 1 saturated heterocycles. The van der Waals surface area contributed by atoms with Crippen LogP contribution in [-0.2, 0) is 9.63 Å². The van der Waals surface area contributed by atoms with Gasteiger partial charge in [0, 0.05) is 24.8 Å². The highest BCUT2D eigenvalue weighted by atomic mass is 16.7. The van der Waals surface area contributed by atoms with Gasteiger partial charge in [0.05, 0.1) is 18.4 Å². The molecule has 3 amide bonds.